The van der Waals surface area contributed by atoms with Gasteiger partial charge in [-0.15, -0.1) is 0 Å². The van der Waals surface area contributed by atoms with Gasteiger partial charge in [0, 0.05) is 6.42 Å². The van der Waals surface area contributed by atoms with Crippen LogP contribution >= 0.6 is 0 Å². The summed E-state index contributed by atoms with van der Waals surface area (Å²) in [6, 6.07) is 0. The molecule has 0 saturated carbocycles. The summed E-state index contributed by atoms with van der Waals surface area (Å²) >= 11 is 0. The van der Waals surface area contributed by atoms with Crippen LogP contribution in [0.25, 0.3) is 0 Å². The van der Waals surface area contributed by atoms with Crippen LogP contribution in [0.2, 0.25) is 0 Å². The minimum Gasteiger partial charge on any atom is -0.466 e. The lowest BCUT2D eigenvalue weighted by Gasteiger charge is -2.00. The molecule has 3 heteroatoms. The fraction of sp³-hybridized carbons (Fsp3) is 0.900. The van der Waals surface area contributed by atoms with Crippen molar-refractivity contribution in [2.24, 2.45) is 0 Å². The quantitative estimate of drug-likeness (QED) is 0.346. The van der Waals surface area contributed by atoms with Crippen LogP contribution in [0, 0.1) is 0 Å². The van der Waals surface area contributed by atoms with Crippen molar-refractivity contribution in [3.63, 3.8) is 0 Å². The largest absolute Gasteiger partial charge is 0.466 e. The summed E-state index contributed by atoms with van der Waals surface area (Å²) in [5.41, 5.74) is 0. The molecule has 0 N–H and O–H groups in total. The molecule has 1 fully saturated rings. The van der Waals surface area contributed by atoms with Crippen LogP contribution in [0.15, 0.2) is 0 Å². The van der Waals surface area contributed by atoms with Crippen molar-refractivity contribution in [1.29, 1.82) is 0 Å². The molecule has 0 bridgehead atoms. The van der Waals surface area contributed by atoms with Crippen LogP contribution in [-0.4, -0.2) is 25.3 Å². The molecule has 0 aromatic heterocycles. The number of hydrogen-bond donors (Lipinski definition) is 0. The van der Waals surface area contributed by atoms with Crippen molar-refractivity contribution in [3.8, 4) is 0 Å². The maximum atomic E-state index is 10.9. The Balaban J connectivity index is 1.79. The molecule has 3 nitrogen and oxygen atoms in total. The van der Waals surface area contributed by atoms with E-state index in [2.05, 4.69) is 0 Å². The smallest absolute Gasteiger partial charge is 0.305 e. The van der Waals surface area contributed by atoms with Gasteiger partial charge in [0.25, 0.3) is 0 Å². The van der Waals surface area contributed by atoms with E-state index in [1.807, 2.05) is 6.92 Å². The second-order valence-corrected chi connectivity index (χ2v) is 3.36. The van der Waals surface area contributed by atoms with Crippen LogP contribution in [-0.2, 0) is 14.3 Å². The van der Waals surface area contributed by atoms with Crippen LogP contribution in [0.3, 0.4) is 0 Å². The second kappa shape index (κ2) is 5.97. The summed E-state index contributed by atoms with van der Waals surface area (Å²) in [6.07, 6.45) is 5.49. The van der Waals surface area contributed by atoms with E-state index in [9.17, 15) is 4.79 Å². The molecule has 13 heavy (non-hydrogen) atoms. The first-order valence-electron chi connectivity index (χ1n) is 5.10. The number of unbranched alkanes of at least 4 members (excludes halogenated alkanes) is 2. The Morgan fingerprint density at radius 1 is 1.46 bits per heavy atom. The molecule has 0 aromatic rings. The zero-order valence-electron chi connectivity index (χ0n) is 8.25. The first-order chi connectivity index (χ1) is 6.33. The van der Waals surface area contributed by atoms with Gasteiger partial charge < -0.3 is 9.47 Å². The van der Waals surface area contributed by atoms with Gasteiger partial charge in [-0.2, -0.15) is 0 Å². The van der Waals surface area contributed by atoms with E-state index >= 15 is 0 Å². The zero-order valence-corrected chi connectivity index (χ0v) is 8.25. The van der Waals surface area contributed by atoms with E-state index in [0.717, 1.165) is 25.9 Å². The number of esters is 1. The van der Waals surface area contributed by atoms with Crippen molar-refractivity contribution in [2.75, 3.05) is 13.2 Å². The van der Waals surface area contributed by atoms with E-state index in [-0.39, 0.29) is 5.97 Å². The summed E-state index contributed by atoms with van der Waals surface area (Å²) in [5, 5.41) is 0. The molecule has 76 valence electrons. The minimum atomic E-state index is -0.0647. The maximum absolute atomic E-state index is 10.9. The summed E-state index contributed by atoms with van der Waals surface area (Å²) in [7, 11) is 0. The van der Waals surface area contributed by atoms with Gasteiger partial charge in [0.1, 0.15) is 0 Å². The predicted molar refractivity (Wildman–Crippen MR) is 49.5 cm³/mol. The molecule has 1 unspecified atom stereocenters. The molecule has 1 saturated heterocycles. The number of carbonyl (C=O) groups excluding carboxylic acids is 1. The SMILES string of the molecule is CCOC(=O)CCCCCC1CO1. The summed E-state index contributed by atoms with van der Waals surface area (Å²) in [5.74, 6) is -0.0647. The monoisotopic (exact) mass is 186 g/mol. The highest BCUT2D eigenvalue weighted by Crippen LogP contribution is 2.17. The number of hydrogen-bond acceptors (Lipinski definition) is 3. The molecular weight excluding hydrogens is 168 g/mol. The number of carbonyl (C=O) groups is 1. The zero-order chi connectivity index (χ0) is 9.52. The van der Waals surface area contributed by atoms with Crippen LogP contribution < -0.4 is 0 Å². The highest BCUT2D eigenvalue weighted by molar-refractivity contribution is 5.69. The summed E-state index contributed by atoms with van der Waals surface area (Å²) < 4.78 is 9.90. The Kier molecular flexibility index (Phi) is 4.83. The van der Waals surface area contributed by atoms with Crippen LogP contribution in [0.5, 0.6) is 0 Å². The van der Waals surface area contributed by atoms with Gasteiger partial charge in [0.15, 0.2) is 0 Å². The predicted octanol–water partition coefficient (Wildman–Crippen LogP) is 1.90. The van der Waals surface area contributed by atoms with Gasteiger partial charge in [-0.3, -0.25) is 4.79 Å². The Morgan fingerprint density at radius 3 is 2.85 bits per heavy atom. The van der Waals surface area contributed by atoms with Crippen LogP contribution in [0.4, 0.5) is 0 Å². The van der Waals surface area contributed by atoms with Gasteiger partial charge in [0.2, 0.25) is 0 Å². The normalized spacial score (nSPS) is 19.9. The van der Waals surface area contributed by atoms with E-state index in [0.29, 0.717) is 19.1 Å². The topological polar surface area (TPSA) is 38.8 Å². The van der Waals surface area contributed by atoms with Gasteiger partial charge in [-0.05, 0) is 19.8 Å². The Bertz CT molecular complexity index is 152. The minimum absolute atomic E-state index is 0.0647. The summed E-state index contributed by atoms with van der Waals surface area (Å²) in [4.78, 5) is 10.9. The van der Waals surface area contributed by atoms with E-state index < -0.39 is 0 Å². The van der Waals surface area contributed by atoms with E-state index in [1.165, 1.54) is 6.42 Å². The molecule has 1 aliphatic rings. The number of ether oxygens (including phenoxy) is 2. The molecule has 0 aromatic carbocycles. The average Bonchev–Trinajstić information content (AvgIpc) is 2.88. The fourth-order valence-electron chi connectivity index (χ4n) is 1.29. The summed E-state index contributed by atoms with van der Waals surface area (Å²) in [6.45, 7) is 3.27. The maximum Gasteiger partial charge on any atom is 0.305 e. The van der Waals surface area contributed by atoms with Crippen molar-refractivity contribution >= 4 is 5.97 Å². The second-order valence-electron chi connectivity index (χ2n) is 3.36. The van der Waals surface area contributed by atoms with E-state index in [1.54, 1.807) is 0 Å². The molecule has 1 heterocycles. The van der Waals surface area contributed by atoms with Gasteiger partial charge >= 0.3 is 5.97 Å². The lowest BCUT2D eigenvalue weighted by atomic mass is 10.1. The van der Waals surface area contributed by atoms with Crippen LogP contribution in [0.1, 0.15) is 39.0 Å². The Labute approximate surface area is 79.4 Å². The van der Waals surface area contributed by atoms with Crippen molar-refractivity contribution < 1.29 is 14.3 Å². The highest BCUT2D eigenvalue weighted by atomic mass is 16.6. The van der Waals surface area contributed by atoms with Crippen molar-refractivity contribution in [1.82, 2.24) is 0 Å². The van der Waals surface area contributed by atoms with Gasteiger partial charge in [0.05, 0.1) is 19.3 Å². The molecule has 1 rings (SSSR count). The third-order valence-corrected chi connectivity index (χ3v) is 2.11. The first kappa shape index (κ1) is 10.5. The third-order valence-electron chi connectivity index (χ3n) is 2.11. The molecular formula is C10H18O3. The molecule has 0 spiro atoms. The van der Waals surface area contributed by atoms with Gasteiger partial charge in [-0.1, -0.05) is 12.8 Å². The van der Waals surface area contributed by atoms with E-state index in [4.69, 9.17) is 9.47 Å². The molecule has 1 atom stereocenters. The first-order valence-corrected chi connectivity index (χ1v) is 5.10. The van der Waals surface area contributed by atoms with Crippen molar-refractivity contribution in [3.05, 3.63) is 0 Å². The molecule has 1 aliphatic heterocycles. The number of epoxide rings is 1. The standard InChI is InChI=1S/C10H18O3/c1-2-12-10(11)7-5-3-4-6-9-8-13-9/h9H,2-8H2,1H3. The van der Waals surface area contributed by atoms with Crippen molar-refractivity contribution in [2.45, 2.75) is 45.1 Å². The Morgan fingerprint density at radius 2 is 2.23 bits per heavy atom. The molecule has 0 radical (unpaired) electrons. The third kappa shape index (κ3) is 5.64. The Hall–Kier alpha value is -0.570. The fourth-order valence-corrected chi connectivity index (χ4v) is 1.29. The van der Waals surface area contributed by atoms with Gasteiger partial charge in [-0.25, -0.2) is 0 Å². The average molecular weight is 186 g/mol. The molecule has 0 amide bonds. The molecule has 0 aliphatic carbocycles. The highest BCUT2D eigenvalue weighted by Gasteiger charge is 2.20. The lowest BCUT2D eigenvalue weighted by molar-refractivity contribution is -0.143. The number of rotatable bonds is 7. The lowest BCUT2D eigenvalue weighted by Crippen LogP contribution is -2.03.